The van der Waals surface area contributed by atoms with E-state index in [1.54, 1.807) is 0 Å². The summed E-state index contributed by atoms with van der Waals surface area (Å²) in [5.74, 6) is 3.60. The molecule has 5 unspecified atom stereocenters. The molecule has 156 valence electrons. The summed E-state index contributed by atoms with van der Waals surface area (Å²) in [5, 5.41) is 4.65. The molecule has 0 N–H and O–H groups in total. The molecule has 0 aromatic carbocycles. The van der Waals surface area contributed by atoms with Crippen LogP contribution in [0.1, 0.15) is 78.1 Å². The first kappa shape index (κ1) is 19.1. The van der Waals surface area contributed by atoms with Gasteiger partial charge in [0, 0.05) is 31.3 Å². The Morgan fingerprint density at radius 2 is 1.89 bits per heavy atom. The zero-order valence-corrected chi connectivity index (χ0v) is 18.1. The summed E-state index contributed by atoms with van der Waals surface area (Å²) in [5.41, 5.74) is 1.77. The molecule has 4 heteroatoms. The molecule has 5 fully saturated rings. The van der Waals surface area contributed by atoms with Gasteiger partial charge in [-0.3, -0.25) is 4.79 Å². The van der Waals surface area contributed by atoms with Crippen LogP contribution in [0.2, 0.25) is 0 Å². The molecule has 4 saturated carbocycles. The van der Waals surface area contributed by atoms with Gasteiger partial charge in [0.05, 0.1) is 5.71 Å². The van der Waals surface area contributed by atoms with Gasteiger partial charge in [-0.2, -0.15) is 0 Å². The van der Waals surface area contributed by atoms with Crippen molar-refractivity contribution < 1.29 is 9.63 Å². The first-order chi connectivity index (χ1) is 13.4. The number of rotatable bonds is 2. The van der Waals surface area contributed by atoms with Gasteiger partial charge in [0.15, 0.2) is 0 Å². The van der Waals surface area contributed by atoms with E-state index in [1.165, 1.54) is 31.4 Å². The van der Waals surface area contributed by atoms with Gasteiger partial charge in [-0.1, -0.05) is 19.0 Å². The average molecular weight is 387 g/mol. The van der Waals surface area contributed by atoms with Crippen LogP contribution in [0.4, 0.5) is 0 Å². The molecule has 0 radical (unpaired) electrons. The molecular weight excluding hydrogens is 348 g/mol. The molecule has 0 aromatic rings. The molecule has 5 aliphatic rings. The van der Waals surface area contributed by atoms with E-state index in [2.05, 4.69) is 31.0 Å². The van der Waals surface area contributed by atoms with Crippen LogP contribution in [0.5, 0.6) is 0 Å². The summed E-state index contributed by atoms with van der Waals surface area (Å²) in [6.07, 6.45) is 12.0. The minimum Gasteiger partial charge on any atom is -0.391 e. The molecule has 28 heavy (non-hydrogen) atoms. The smallest absolute Gasteiger partial charge is 0.141 e. The van der Waals surface area contributed by atoms with Crippen molar-refractivity contribution in [3.63, 3.8) is 0 Å². The van der Waals surface area contributed by atoms with E-state index in [0.717, 1.165) is 69.4 Å². The average Bonchev–Trinajstić information content (AvgIpc) is 3.23. The zero-order chi connectivity index (χ0) is 19.5. The number of hydrogen-bond acceptors (Lipinski definition) is 4. The summed E-state index contributed by atoms with van der Waals surface area (Å²) in [7, 11) is 2.16. The van der Waals surface area contributed by atoms with Crippen LogP contribution in [0.3, 0.4) is 0 Å². The molecule has 4 nitrogen and oxygen atoms in total. The topological polar surface area (TPSA) is 41.9 Å². The largest absolute Gasteiger partial charge is 0.391 e. The second-order valence-corrected chi connectivity index (χ2v) is 11.2. The third-order valence-electron chi connectivity index (χ3n) is 9.89. The van der Waals surface area contributed by atoms with Crippen LogP contribution in [0.25, 0.3) is 0 Å². The Labute approximate surface area is 170 Å². The van der Waals surface area contributed by atoms with Gasteiger partial charge in [-0.25, -0.2) is 0 Å². The molecule has 4 aliphatic carbocycles. The van der Waals surface area contributed by atoms with Crippen LogP contribution in [-0.2, 0) is 9.63 Å². The Morgan fingerprint density at radius 1 is 1.04 bits per heavy atom. The van der Waals surface area contributed by atoms with E-state index in [1.807, 2.05) is 0 Å². The number of carbonyl (C=O) groups excluding carboxylic acids is 1. The van der Waals surface area contributed by atoms with Crippen LogP contribution in [-0.4, -0.2) is 42.6 Å². The molecule has 1 saturated heterocycles. The molecule has 0 amide bonds. The zero-order valence-electron chi connectivity index (χ0n) is 18.1. The van der Waals surface area contributed by atoms with E-state index >= 15 is 0 Å². The summed E-state index contributed by atoms with van der Waals surface area (Å²) in [4.78, 5) is 20.8. The number of likely N-dealkylation sites (N-methyl/N-ethyl adjacent to an activating group) is 1. The monoisotopic (exact) mass is 386 g/mol. The minimum atomic E-state index is 0.00787. The van der Waals surface area contributed by atoms with Crippen molar-refractivity contribution in [3.8, 4) is 0 Å². The fourth-order valence-corrected chi connectivity index (χ4v) is 8.04. The quantitative estimate of drug-likeness (QED) is 0.647. The second-order valence-electron chi connectivity index (χ2n) is 11.2. The maximum absolute atomic E-state index is 12.6. The molecular formula is C24H38N2O2. The van der Waals surface area contributed by atoms with Crippen LogP contribution in [0.15, 0.2) is 5.16 Å². The number of oxime groups is 1. The van der Waals surface area contributed by atoms with Crippen molar-refractivity contribution in [1.82, 2.24) is 4.90 Å². The summed E-state index contributed by atoms with van der Waals surface area (Å²) < 4.78 is 0. The van der Waals surface area contributed by atoms with Crippen molar-refractivity contribution in [1.29, 1.82) is 0 Å². The van der Waals surface area contributed by atoms with E-state index in [4.69, 9.17) is 4.84 Å². The highest BCUT2D eigenvalue weighted by atomic mass is 16.6. The van der Waals surface area contributed by atoms with Crippen LogP contribution < -0.4 is 0 Å². The lowest BCUT2D eigenvalue weighted by atomic mass is 9.45. The predicted molar refractivity (Wildman–Crippen MR) is 111 cm³/mol. The Morgan fingerprint density at radius 3 is 2.68 bits per heavy atom. The molecule has 1 aliphatic heterocycles. The van der Waals surface area contributed by atoms with E-state index in [-0.39, 0.29) is 11.5 Å². The highest BCUT2D eigenvalue weighted by molar-refractivity contribution is 5.87. The fraction of sp³-hybridized carbons (Fsp3) is 0.917. The predicted octanol–water partition coefficient (Wildman–Crippen LogP) is 4.67. The molecule has 5 rings (SSSR count). The van der Waals surface area contributed by atoms with Gasteiger partial charge >= 0.3 is 0 Å². The van der Waals surface area contributed by atoms with Crippen molar-refractivity contribution in [2.45, 2.75) is 84.2 Å². The third kappa shape index (κ3) is 2.88. The summed E-state index contributed by atoms with van der Waals surface area (Å²) in [6.45, 7) is 7.01. The van der Waals surface area contributed by atoms with Gasteiger partial charge in [-0.15, -0.1) is 0 Å². The summed E-state index contributed by atoms with van der Waals surface area (Å²) >= 11 is 0. The van der Waals surface area contributed by atoms with Crippen molar-refractivity contribution in [3.05, 3.63) is 0 Å². The Kier molecular flexibility index (Phi) is 4.65. The fourth-order valence-electron chi connectivity index (χ4n) is 8.04. The Balaban J connectivity index is 1.28. The molecule has 7 atom stereocenters. The lowest BCUT2D eigenvalue weighted by molar-refractivity contribution is -0.137. The molecule has 0 spiro atoms. The first-order valence-electron chi connectivity index (χ1n) is 11.8. The minimum absolute atomic E-state index is 0.00787. The van der Waals surface area contributed by atoms with Crippen LogP contribution >= 0.6 is 0 Å². The summed E-state index contributed by atoms with van der Waals surface area (Å²) in [6, 6.07) is 0. The first-order valence-corrected chi connectivity index (χ1v) is 11.8. The van der Waals surface area contributed by atoms with Gasteiger partial charge in [0.25, 0.3) is 0 Å². The lowest BCUT2D eigenvalue weighted by Crippen LogP contribution is -2.53. The number of fused-ring (bicyclic) bond motifs is 5. The van der Waals surface area contributed by atoms with Gasteiger partial charge < -0.3 is 9.74 Å². The number of hydrogen-bond donors (Lipinski definition) is 0. The highest BCUT2D eigenvalue weighted by Gasteiger charge is 2.60. The lowest BCUT2D eigenvalue weighted by Gasteiger charge is -2.59. The molecule has 0 aromatic heterocycles. The highest BCUT2D eigenvalue weighted by Crippen LogP contribution is 2.65. The standard InChI is InChI=1S/C24H38N2O2/c1-23-11-8-17(25-28-18-10-13-26(3)15-18)14-16(23)4-5-19-20-6-7-22(27)24(20,2)12-9-21(19)23/h16,18-21H,4-15H2,1-3H3/b25-17+/t16?,18?,19?,20?,21?,23-,24-/m0/s1. The number of nitrogens with zero attached hydrogens (tertiary/aromatic N) is 2. The number of Topliss-reactive ketones (excluding diaryl/α,β-unsaturated/α-hetero) is 1. The normalized spacial score (nSPS) is 50.3. The van der Waals surface area contributed by atoms with E-state index < -0.39 is 0 Å². The Hall–Kier alpha value is -0.900. The third-order valence-corrected chi connectivity index (χ3v) is 9.89. The van der Waals surface area contributed by atoms with E-state index in [9.17, 15) is 4.79 Å². The number of likely N-dealkylation sites (tertiary alicyclic amines) is 1. The maximum atomic E-state index is 12.6. The van der Waals surface area contributed by atoms with Crippen LogP contribution in [0, 0.1) is 34.5 Å². The molecule has 1 heterocycles. The van der Waals surface area contributed by atoms with Crippen molar-refractivity contribution in [2.24, 2.45) is 39.7 Å². The van der Waals surface area contributed by atoms with Gasteiger partial charge in [0.1, 0.15) is 11.9 Å². The number of ketones is 1. The van der Waals surface area contributed by atoms with Crippen molar-refractivity contribution >= 4 is 11.5 Å². The molecule has 0 bridgehead atoms. The number of carbonyl (C=O) groups is 1. The van der Waals surface area contributed by atoms with Gasteiger partial charge in [0.2, 0.25) is 0 Å². The van der Waals surface area contributed by atoms with E-state index in [0.29, 0.717) is 17.1 Å². The SMILES string of the molecule is CN1CCC(O/N=C2\CC[C@@]3(C)C(CCC4C3CC[C@]3(C)C(=O)CCC43)C2)C1. The second kappa shape index (κ2) is 6.82. The Bertz CT molecular complexity index is 676. The van der Waals surface area contributed by atoms with Crippen molar-refractivity contribution in [2.75, 3.05) is 20.1 Å². The van der Waals surface area contributed by atoms with Gasteiger partial charge in [-0.05, 0) is 87.5 Å². The maximum Gasteiger partial charge on any atom is 0.141 e.